The van der Waals surface area contributed by atoms with Crippen molar-refractivity contribution >= 4 is 0 Å². The highest BCUT2D eigenvalue weighted by atomic mass is 16.5. The highest BCUT2D eigenvalue weighted by Gasteiger charge is 2.08. The molecule has 0 saturated heterocycles. The number of aryl methyl sites for hydroxylation is 2. The topological polar surface area (TPSA) is 56.1 Å². The first-order valence-electron chi connectivity index (χ1n) is 7.82. The van der Waals surface area contributed by atoms with E-state index in [9.17, 15) is 0 Å². The van der Waals surface area contributed by atoms with E-state index in [1.165, 1.54) is 5.56 Å². The largest absolute Gasteiger partial charge is 0.493 e. The molecule has 0 aliphatic carbocycles. The summed E-state index contributed by atoms with van der Waals surface area (Å²) < 4.78 is 7.69. The van der Waals surface area contributed by atoms with Crippen molar-refractivity contribution in [1.29, 1.82) is 0 Å². The molecule has 6 heteroatoms. The molecule has 1 heterocycles. The molecule has 0 aliphatic heterocycles. The maximum Gasteiger partial charge on any atom is 0.165 e. The Morgan fingerprint density at radius 2 is 2.09 bits per heavy atom. The fraction of sp³-hybridized carbons (Fsp3) is 0.562. The molecule has 0 spiro atoms. The number of tetrazole rings is 1. The lowest BCUT2D eigenvalue weighted by Crippen LogP contribution is -2.23. The Kier molecular flexibility index (Phi) is 6.33. The van der Waals surface area contributed by atoms with Crippen LogP contribution in [0.4, 0.5) is 0 Å². The lowest BCUT2D eigenvalue weighted by Gasteiger charge is -2.16. The number of para-hydroxylation sites is 1. The second kappa shape index (κ2) is 8.48. The van der Waals surface area contributed by atoms with E-state index < -0.39 is 0 Å². The molecule has 0 N–H and O–H groups in total. The Morgan fingerprint density at radius 3 is 2.86 bits per heavy atom. The van der Waals surface area contributed by atoms with Gasteiger partial charge in [-0.2, -0.15) is 0 Å². The predicted molar refractivity (Wildman–Crippen MR) is 85.7 cm³/mol. The Labute approximate surface area is 132 Å². The number of benzene rings is 1. The Hall–Kier alpha value is -1.95. The summed E-state index contributed by atoms with van der Waals surface area (Å²) in [4.78, 5) is 2.22. The molecule has 6 nitrogen and oxygen atoms in total. The monoisotopic (exact) mass is 303 g/mol. The summed E-state index contributed by atoms with van der Waals surface area (Å²) in [6, 6.07) is 8.10. The van der Waals surface area contributed by atoms with Gasteiger partial charge in [-0.05, 0) is 48.9 Å². The van der Waals surface area contributed by atoms with Crippen molar-refractivity contribution in [1.82, 2.24) is 25.1 Å². The third kappa shape index (κ3) is 4.80. The van der Waals surface area contributed by atoms with Gasteiger partial charge in [-0.25, -0.2) is 4.68 Å². The lowest BCUT2D eigenvalue weighted by atomic mass is 10.2. The first kappa shape index (κ1) is 16.4. The normalized spacial score (nSPS) is 11.1. The summed E-state index contributed by atoms with van der Waals surface area (Å²) in [5.41, 5.74) is 1.18. The van der Waals surface area contributed by atoms with Crippen molar-refractivity contribution in [2.24, 2.45) is 0 Å². The van der Waals surface area contributed by atoms with Gasteiger partial charge in [0, 0.05) is 13.1 Å². The highest BCUT2D eigenvalue weighted by Crippen LogP contribution is 2.16. The Morgan fingerprint density at radius 1 is 1.27 bits per heavy atom. The van der Waals surface area contributed by atoms with Crippen LogP contribution in [0.3, 0.4) is 0 Å². The van der Waals surface area contributed by atoms with E-state index in [0.29, 0.717) is 0 Å². The fourth-order valence-corrected chi connectivity index (χ4v) is 2.28. The second-order valence-corrected chi connectivity index (χ2v) is 5.52. The molecule has 2 rings (SSSR count). The quantitative estimate of drug-likeness (QED) is 0.665. The van der Waals surface area contributed by atoms with Gasteiger partial charge in [-0.1, -0.05) is 25.1 Å². The second-order valence-electron chi connectivity index (χ2n) is 5.52. The molecule has 0 radical (unpaired) electrons. The first-order chi connectivity index (χ1) is 10.7. The van der Waals surface area contributed by atoms with Crippen molar-refractivity contribution in [3.05, 3.63) is 35.7 Å². The van der Waals surface area contributed by atoms with E-state index in [1.54, 1.807) is 0 Å². The molecule has 120 valence electrons. The third-order valence-electron chi connectivity index (χ3n) is 3.49. The molecule has 0 unspecified atom stereocenters. The van der Waals surface area contributed by atoms with Crippen LogP contribution in [0.2, 0.25) is 0 Å². The summed E-state index contributed by atoms with van der Waals surface area (Å²) in [5.74, 6) is 1.89. The molecule has 0 amide bonds. The predicted octanol–water partition coefficient (Wildman–Crippen LogP) is 2.29. The van der Waals surface area contributed by atoms with Gasteiger partial charge in [0.1, 0.15) is 5.75 Å². The van der Waals surface area contributed by atoms with Crippen LogP contribution < -0.4 is 4.74 Å². The van der Waals surface area contributed by atoms with Crippen molar-refractivity contribution in [2.75, 3.05) is 20.2 Å². The van der Waals surface area contributed by atoms with Crippen molar-refractivity contribution in [3.8, 4) is 5.75 Å². The minimum atomic E-state index is 0.717. The molecule has 22 heavy (non-hydrogen) atoms. The Balaban J connectivity index is 1.70. The molecule has 0 fully saturated rings. The molecular formula is C16H25N5O. The van der Waals surface area contributed by atoms with Crippen molar-refractivity contribution in [3.63, 3.8) is 0 Å². The molecule has 1 aromatic carbocycles. The minimum Gasteiger partial charge on any atom is -0.493 e. The van der Waals surface area contributed by atoms with E-state index in [-0.39, 0.29) is 0 Å². The first-order valence-corrected chi connectivity index (χ1v) is 7.82. The van der Waals surface area contributed by atoms with E-state index in [4.69, 9.17) is 4.74 Å². The van der Waals surface area contributed by atoms with Crippen molar-refractivity contribution < 1.29 is 4.74 Å². The van der Waals surface area contributed by atoms with E-state index in [0.717, 1.165) is 50.7 Å². The summed E-state index contributed by atoms with van der Waals surface area (Å²) in [6.07, 6.45) is 2.01. The zero-order chi connectivity index (χ0) is 15.8. The number of aromatic nitrogens is 4. The zero-order valence-corrected chi connectivity index (χ0v) is 13.7. The van der Waals surface area contributed by atoms with Crippen LogP contribution in [-0.4, -0.2) is 45.3 Å². The van der Waals surface area contributed by atoms with E-state index in [1.807, 2.05) is 22.9 Å². The van der Waals surface area contributed by atoms with Gasteiger partial charge >= 0.3 is 0 Å². The molecule has 0 atom stereocenters. The molecular weight excluding hydrogens is 278 g/mol. The van der Waals surface area contributed by atoms with Crippen molar-refractivity contribution in [2.45, 2.75) is 39.8 Å². The average molecular weight is 303 g/mol. The van der Waals surface area contributed by atoms with Crippen LogP contribution in [0.5, 0.6) is 5.75 Å². The highest BCUT2D eigenvalue weighted by molar-refractivity contribution is 5.31. The number of nitrogens with zero attached hydrogens (tertiary/aromatic N) is 5. The van der Waals surface area contributed by atoms with Gasteiger partial charge in [-0.15, -0.1) is 5.10 Å². The summed E-state index contributed by atoms with van der Waals surface area (Å²) in [5, 5.41) is 11.9. The molecule has 1 aromatic heterocycles. The van der Waals surface area contributed by atoms with Crippen LogP contribution in [0.25, 0.3) is 0 Å². The van der Waals surface area contributed by atoms with Gasteiger partial charge in [0.25, 0.3) is 0 Å². The van der Waals surface area contributed by atoms with Gasteiger partial charge in [0.05, 0.1) is 13.2 Å². The van der Waals surface area contributed by atoms with Crippen LogP contribution in [0, 0.1) is 6.92 Å². The van der Waals surface area contributed by atoms with Crippen LogP contribution in [0.1, 0.15) is 31.2 Å². The average Bonchev–Trinajstić information content (AvgIpc) is 2.93. The fourth-order valence-electron chi connectivity index (χ4n) is 2.28. The minimum absolute atomic E-state index is 0.717. The summed E-state index contributed by atoms with van der Waals surface area (Å²) in [6.45, 7) is 7.48. The molecule has 0 aliphatic rings. The standard InChI is InChI=1S/C16H25N5O/c1-4-10-21-16(17-18-19-21)13-20(3)11-7-12-22-15-9-6-5-8-14(15)2/h5-6,8-9H,4,7,10-13H2,1-3H3. The molecule has 0 bridgehead atoms. The summed E-state index contributed by atoms with van der Waals surface area (Å²) >= 11 is 0. The van der Waals surface area contributed by atoms with Crippen LogP contribution >= 0.6 is 0 Å². The van der Waals surface area contributed by atoms with E-state index in [2.05, 4.69) is 47.4 Å². The van der Waals surface area contributed by atoms with Crippen LogP contribution in [-0.2, 0) is 13.1 Å². The van der Waals surface area contributed by atoms with Gasteiger partial charge in [0.15, 0.2) is 5.82 Å². The number of hydrogen-bond donors (Lipinski definition) is 0. The number of hydrogen-bond acceptors (Lipinski definition) is 5. The maximum atomic E-state index is 5.81. The van der Waals surface area contributed by atoms with Gasteiger partial charge in [-0.3, -0.25) is 4.90 Å². The zero-order valence-electron chi connectivity index (χ0n) is 13.7. The van der Waals surface area contributed by atoms with Gasteiger partial charge in [0.2, 0.25) is 0 Å². The number of rotatable bonds is 9. The van der Waals surface area contributed by atoms with E-state index >= 15 is 0 Å². The smallest absolute Gasteiger partial charge is 0.165 e. The number of ether oxygens (including phenoxy) is 1. The molecule has 0 saturated carbocycles. The van der Waals surface area contributed by atoms with Crippen LogP contribution in [0.15, 0.2) is 24.3 Å². The maximum absolute atomic E-state index is 5.81. The summed E-state index contributed by atoms with van der Waals surface area (Å²) in [7, 11) is 2.08. The Bertz CT molecular complexity index is 569. The lowest BCUT2D eigenvalue weighted by molar-refractivity contribution is 0.252. The van der Waals surface area contributed by atoms with Gasteiger partial charge < -0.3 is 4.74 Å². The molecule has 2 aromatic rings. The third-order valence-corrected chi connectivity index (χ3v) is 3.49. The SMILES string of the molecule is CCCn1nnnc1CN(C)CCCOc1ccccc1C.